The van der Waals surface area contributed by atoms with Gasteiger partial charge in [0, 0.05) is 0 Å². The van der Waals surface area contributed by atoms with Gasteiger partial charge in [0.2, 0.25) is 5.50 Å². The molecule has 0 radical (unpaired) electrons. The molecule has 0 aromatic heterocycles. The summed E-state index contributed by atoms with van der Waals surface area (Å²) in [5.41, 5.74) is -1.82. The molecule has 33 heavy (non-hydrogen) atoms. The first-order valence-electron chi connectivity index (χ1n) is 8.61. The molecule has 6 nitrogen and oxygen atoms in total. The molecule has 0 N–H and O–H groups in total. The van der Waals surface area contributed by atoms with E-state index in [9.17, 15) is 52.5 Å². The molecule has 0 atom stereocenters. The first kappa shape index (κ1) is 29.3. The number of hydrogen-bond donors (Lipinski definition) is 0. The minimum atomic E-state index is -7.53. The molecule has 0 amide bonds. The topological polar surface area (TPSA) is 78.9 Å². The van der Waals surface area contributed by atoms with Crippen LogP contribution in [0.1, 0.15) is 19.4 Å². The average molecular weight is 538 g/mol. The lowest BCUT2D eigenvalue weighted by molar-refractivity contribution is -0.382. The predicted octanol–water partition coefficient (Wildman–Crippen LogP) is 6.02. The molecule has 1 aromatic carbocycles. The molecule has 0 aliphatic heterocycles. The van der Waals surface area contributed by atoms with Crippen LogP contribution in [0.4, 0.5) is 39.5 Å². The maximum absolute atomic E-state index is 14.0. The zero-order valence-electron chi connectivity index (χ0n) is 16.6. The van der Waals surface area contributed by atoms with E-state index in [1.165, 1.54) is 32.0 Å². The smallest absolute Gasteiger partial charge is 0.369 e. The lowest BCUT2D eigenvalue weighted by Gasteiger charge is -2.33. The summed E-state index contributed by atoms with van der Waals surface area (Å²) < 4.78 is 168. The van der Waals surface area contributed by atoms with Crippen molar-refractivity contribution < 1.29 is 65.7 Å². The van der Waals surface area contributed by atoms with E-state index in [-0.39, 0.29) is 5.56 Å². The minimum Gasteiger partial charge on any atom is -0.369 e. The highest BCUT2D eigenvalue weighted by molar-refractivity contribution is 7.88. The van der Waals surface area contributed by atoms with Crippen molar-refractivity contribution in [3.05, 3.63) is 41.4 Å². The van der Waals surface area contributed by atoms with Gasteiger partial charge >= 0.3 is 41.0 Å². The van der Waals surface area contributed by atoms with Crippen LogP contribution in [0.3, 0.4) is 0 Å². The Bertz CT molecular complexity index is 983. The van der Waals surface area contributed by atoms with Crippen LogP contribution in [0.15, 0.2) is 35.8 Å². The van der Waals surface area contributed by atoms with Gasteiger partial charge in [0.1, 0.15) is 0 Å². The zero-order valence-corrected chi connectivity index (χ0v) is 18.3. The Kier molecular flexibility index (Phi) is 8.73. The van der Waals surface area contributed by atoms with Gasteiger partial charge in [-0.3, -0.25) is 4.57 Å². The van der Waals surface area contributed by atoms with Gasteiger partial charge in [-0.15, -0.1) is 0 Å². The third-order valence-electron chi connectivity index (χ3n) is 3.58. The van der Waals surface area contributed by atoms with E-state index in [0.29, 0.717) is 6.08 Å². The summed E-state index contributed by atoms with van der Waals surface area (Å²) in [5, 5.41) is -7.15. The van der Waals surface area contributed by atoms with Crippen LogP contribution in [0.25, 0.3) is 6.08 Å². The van der Waals surface area contributed by atoms with Gasteiger partial charge in [-0.05, 0) is 25.5 Å². The molecule has 17 heteroatoms. The normalized spacial score (nSPS) is 14.9. The highest BCUT2D eigenvalue weighted by atomic mass is 32.2. The maximum atomic E-state index is 14.0. The Morgan fingerprint density at radius 3 is 1.73 bits per heavy atom. The van der Waals surface area contributed by atoms with E-state index in [1.807, 2.05) is 0 Å². The van der Waals surface area contributed by atoms with Gasteiger partial charge in [-0.1, -0.05) is 30.3 Å². The summed E-state index contributed by atoms with van der Waals surface area (Å²) in [6, 6.07) is 6.34. The van der Waals surface area contributed by atoms with Crippen LogP contribution in [-0.4, -0.2) is 44.9 Å². The quantitative estimate of drug-likeness (QED) is 0.148. The van der Waals surface area contributed by atoms with Crippen LogP contribution in [0.5, 0.6) is 0 Å². The fraction of sp³-hybridized carbons (Fsp3) is 0.500. The molecule has 0 heterocycles. The second kappa shape index (κ2) is 9.84. The van der Waals surface area contributed by atoms with E-state index in [0.717, 1.165) is 12.1 Å². The maximum Gasteiger partial charge on any atom is 0.460 e. The third-order valence-corrected chi connectivity index (χ3v) is 6.95. The van der Waals surface area contributed by atoms with Gasteiger partial charge in [0.05, 0.1) is 13.2 Å². The number of rotatable bonds is 11. The molecule has 0 saturated carbocycles. The molecule has 1 aromatic rings. The van der Waals surface area contributed by atoms with Crippen molar-refractivity contribution in [1.82, 2.24) is 0 Å². The van der Waals surface area contributed by atoms with Gasteiger partial charge in [-0.2, -0.15) is 47.9 Å². The standard InChI is InChI=1S/C16H16F9O6PS/c1-3-29-32(26,30-4-2)12(10-11-8-6-5-7-9-11)31-33(27,28)16(24,25)14(19,20)13(17,18)15(21,22)23/h5-10H,3-4H2,1-2H3/b12-10-. The first-order chi connectivity index (χ1) is 14.8. The first-order valence-corrected chi connectivity index (χ1v) is 11.6. The second-order valence-corrected chi connectivity index (χ2v) is 9.47. The van der Waals surface area contributed by atoms with Crippen molar-refractivity contribution >= 4 is 23.8 Å². The average Bonchev–Trinajstić information content (AvgIpc) is 2.67. The van der Waals surface area contributed by atoms with Crippen molar-refractivity contribution in [1.29, 1.82) is 0 Å². The van der Waals surface area contributed by atoms with Crippen LogP contribution in [0.2, 0.25) is 0 Å². The van der Waals surface area contributed by atoms with Gasteiger partial charge in [0.25, 0.3) is 0 Å². The van der Waals surface area contributed by atoms with Crippen molar-refractivity contribution in [3.8, 4) is 0 Å². The molecule has 0 saturated heterocycles. The monoisotopic (exact) mass is 538 g/mol. The molecule has 0 spiro atoms. The fourth-order valence-electron chi connectivity index (χ4n) is 2.03. The number of hydrogen-bond acceptors (Lipinski definition) is 6. The fourth-order valence-corrected chi connectivity index (χ4v) is 4.82. The van der Waals surface area contributed by atoms with Crippen LogP contribution in [-0.2, 0) is 27.9 Å². The van der Waals surface area contributed by atoms with Crippen molar-refractivity contribution in [2.45, 2.75) is 37.1 Å². The molecule has 0 fully saturated rings. The van der Waals surface area contributed by atoms with Gasteiger partial charge in [0.15, 0.2) is 0 Å². The number of alkyl halides is 9. The zero-order chi connectivity index (χ0) is 25.9. The lowest BCUT2D eigenvalue weighted by atomic mass is 10.1. The van der Waals surface area contributed by atoms with E-state index < -0.39 is 59.7 Å². The Morgan fingerprint density at radius 1 is 0.879 bits per heavy atom. The molecule has 190 valence electrons. The van der Waals surface area contributed by atoms with Crippen LogP contribution in [0, 0.1) is 0 Å². The molecule has 1 rings (SSSR count). The highest BCUT2D eigenvalue weighted by Gasteiger charge is 2.86. The van der Waals surface area contributed by atoms with E-state index in [1.54, 1.807) is 0 Å². The molecule has 0 bridgehead atoms. The predicted molar refractivity (Wildman–Crippen MR) is 96.2 cm³/mol. The highest BCUT2D eigenvalue weighted by Crippen LogP contribution is 2.60. The van der Waals surface area contributed by atoms with E-state index in [2.05, 4.69) is 13.2 Å². The summed E-state index contributed by atoms with van der Waals surface area (Å²) in [6.07, 6.45) is -6.83. The summed E-state index contributed by atoms with van der Waals surface area (Å²) >= 11 is 0. The van der Waals surface area contributed by atoms with Crippen molar-refractivity contribution in [2.24, 2.45) is 0 Å². The Hall–Kier alpha value is -1.77. The second-order valence-electron chi connectivity index (χ2n) is 5.93. The number of benzene rings is 1. The van der Waals surface area contributed by atoms with Gasteiger partial charge < -0.3 is 13.2 Å². The molecule has 0 aliphatic rings. The SMILES string of the molecule is CCOP(=O)(OCC)/C(=C\c1ccccc1)OS(=O)(=O)C(F)(F)C(F)(F)C(F)(F)C(F)(F)F. The van der Waals surface area contributed by atoms with E-state index >= 15 is 0 Å². The summed E-state index contributed by atoms with van der Waals surface area (Å²) in [5.74, 6) is -15.0. The molecule has 0 aliphatic carbocycles. The van der Waals surface area contributed by atoms with Crippen molar-refractivity contribution in [3.63, 3.8) is 0 Å². The van der Waals surface area contributed by atoms with E-state index in [4.69, 9.17) is 0 Å². The summed E-state index contributed by atoms with van der Waals surface area (Å²) in [6.45, 7) is 1.27. The van der Waals surface area contributed by atoms with Gasteiger partial charge in [-0.25, -0.2) is 0 Å². The Morgan fingerprint density at radius 2 is 1.33 bits per heavy atom. The Balaban J connectivity index is 3.68. The van der Waals surface area contributed by atoms with Crippen LogP contribution >= 0.6 is 7.60 Å². The molecular weight excluding hydrogens is 522 g/mol. The minimum absolute atomic E-state index is 0.141. The molecular formula is C16H16F9O6PS. The van der Waals surface area contributed by atoms with Crippen LogP contribution < -0.4 is 0 Å². The summed E-state index contributed by atoms with van der Waals surface area (Å²) in [7, 11) is -12.4. The largest absolute Gasteiger partial charge is 0.460 e. The third kappa shape index (κ3) is 5.66. The number of halogens is 9. The Labute approximate surface area is 182 Å². The molecule has 0 unspecified atom stereocenters. The lowest BCUT2D eigenvalue weighted by Crippen LogP contribution is -2.63. The van der Waals surface area contributed by atoms with Crippen molar-refractivity contribution in [2.75, 3.05) is 13.2 Å². The summed E-state index contributed by atoms with van der Waals surface area (Å²) in [4.78, 5) is 0.